The summed E-state index contributed by atoms with van der Waals surface area (Å²) in [5.74, 6) is 0.234. The van der Waals surface area contributed by atoms with Crippen LogP contribution < -0.4 is 5.32 Å². The smallest absolute Gasteiger partial charge is 0.234 e. The standard InChI is InChI=1S/C16H14BrNO2S/c1-11(19)12-5-4-6-13(9-12)21-10-16(20)18-15-8-3-2-7-14(15)17/h2-9H,10H2,1H3,(H,18,20). The van der Waals surface area contributed by atoms with Crippen LogP contribution in [0.25, 0.3) is 0 Å². The van der Waals surface area contributed by atoms with Crippen LogP contribution in [0.2, 0.25) is 0 Å². The Morgan fingerprint density at radius 1 is 1.14 bits per heavy atom. The molecule has 5 heteroatoms. The third-order valence-electron chi connectivity index (χ3n) is 2.76. The average Bonchev–Trinajstić information content (AvgIpc) is 2.48. The van der Waals surface area contributed by atoms with Crippen molar-refractivity contribution in [1.82, 2.24) is 0 Å². The van der Waals surface area contributed by atoms with Crippen LogP contribution in [-0.4, -0.2) is 17.4 Å². The van der Waals surface area contributed by atoms with Crippen LogP contribution in [0.3, 0.4) is 0 Å². The van der Waals surface area contributed by atoms with Gasteiger partial charge in [0.15, 0.2) is 5.78 Å². The number of carbonyl (C=O) groups excluding carboxylic acids is 2. The highest BCUT2D eigenvalue weighted by atomic mass is 79.9. The molecular weight excluding hydrogens is 350 g/mol. The number of ketones is 1. The van der Waals surface area contributed by atoms with Crippen LogP contribution >= 0.6 is 27.7 Å². The summed E-state index contributed by atoms with van der Waals surface area (Å²) in [7, 11) is 0. The van der Waals surface area contributed by atoms with Gasteiger partial charge in [-0.15, -0.1) is 11.8 Å². The Morgan fingerprint density at radius 2 is 1.90 bits per heavy atom. The number of Topliss-reactive ketones (excluding diaryl/α,β-unsaturated/α-hetero) is 1. The van der Waals surface area contributed by atoms with Crippen LogP contribution in [0.1, 0.15) is 17.3 Å². The zero-order valence-corrected chi connectivity index (χ0v) is 13.8. The number of thioether (sulfide) groups is 1. The minimum absolute atomic E-state index is 0.0233. The fraction of sp³-hybridized carbons (Fsp3) is 0.125. The molecule has 0 atom stereocenters. The van der Waals surface area contributed by atoms with Gasteiger partial charge in [-0.25, -0.2) is 0 Å². The molecule has 2 rings (SSSR count). The summed E-state index contributed by atoms with van der Waals surface area (Å²) in [5.41, 5.74) is 1.41. The monoisotopic (exact) mass is 363 g/mol. The molecule has 0 unspecified atom stereocenters. The van der Waals surface area contributed by atoms with Crippen molar-refractivity contribution in [2.24, 2.45) is 0 Å². The van der Waals surface area contributed by atoms with Crippen molar-refractivity contribution in [3.8, 4) is 0 Å². The lowest BCUT2D eigenvalue weighted by Crippen LogP contribution is -2.14. The Bertz CT molecular complexity index is 673. The van der Waals surface area contributed by atoms with Crippen LogP contribution in [-0.2, 0) is 4.79 Å². The SMILES string of the molecule is CC(=O)c1cccc(SCC(=O)Nc2ccccc2Br)c1. The van der Waals surface area contributed by atoms with E-state index in [9.17, 15) is 9.59 Å². The molecule has 0 aromatic heterocycles. The van der Waals surface area contributed by atoms with Crippen LogP contribution in [0.15, 0.2) is 57.9 Å². The number of nitrogens with one attached hydrogen (secondary N) is 1. The molecule has 0 spiro atoms. The second kappa shape index (κ2) is 7.43. The van der Waals surface area contributed by atoms with E-state index < -0.39 is 0 Å². The van der Waals surface area contributed by atoms with Gasteiger partial charge in [0, 0.05) is 14.9 Å². The van der Waals surface area contributed by atoms with E-state index in [4.69, 9.17) is 0 Å². The van der Waals surface area contributed by atoms with Gasteiger partial charge in [-0.3, -0.25) is 9.59 Å². The summed E-state index contributed by atoms with van der Waals surface area (Å²) in [5, 5.41) is 2.84. The highest BCUT2D eigenvalue weighted by Gasteiger charge is 2.07. The largest absolute Gasteiger partial charge is 0.324 e. The lowest BCUT2D eigenvalue weighted by Gasteiger charge is -2.07. The lowest BCUT2D eigenvalue weighted by molar-refractivity contribution is -0.113. The molecule has 108 valence electrons. The van der Waals surface area contributed by atoms with Gasteiger partial charge in [0.25, 0.3) is 0 Å². The van der Waals surface area contributed by atoms with E-state index in [-0.39, 0.29) is 11.7 Å². The molecule has 1 N–H and O–H groups in total. The molecule has 0 aliphatic heterocycles. The minimum atomic E-state index is -0.0832. The van der Waals surface area contributed by atoms with E-state index in [2.05, 4.69) is 21.2 Å². The molecule has 2 aromatic rings. The Labute approximate surface area is 136 Å². The molecule has 0 bridgehead atoms. The Balaban J connectivity index is 1.94. The number of benzene rings is 2. The van der Waals surface area contributed by atoms with E-state index in [1.807, 2.05) is 36.4 Å². The number of hydrogen-bond acceptors (Lipinski definition) is 3. The van der Waals surface area contributed by atoms with Crippen molar-refractivity contribution >= 4 is 45.1 Å². The van der Waals surface area contributed by atoms with E-state index in [1.54, 1.807) is 12.1 Å². The van der Waals surface area contributed by atoms with E-state index in [0.717, 1.165) is 15.1 Å². The summed E-state index contributed by atoms with van der Waals surface area (Å²) < 4.78 is 0.849. The predicted octanol–water partition coefficient (Wildman–Crippen LogP) is 4.38. The molecule has 0 saturated heterocycles. The number of para-hydroxylation sites is 1. The van der Waals surface area contributed by atoms with Crippen molar-refractivity contribution in [2.45, 2.75) is 11.8 Å². The Kier molecular flexibility index (Phi) is 5.59. The second-order valence-corrected chi connectivity index (χ2v) is 6.30. The van der Waals surface area contributed by atoms with Gasteiger partial charge in [-0.2, -0.15) is 0 Å². The summed E-state index contributed by atoms with van der Waals surface area (Å²) in [6, 6.07) is 14.8. The van der Waals surface area contributed by atoms with Crippen LogP contribution in [0.4, 0.5) is 5.69 Å². The molecular formula is C16H14BrNO2S. The average molecular weight is 364 g/mol. The zero-order valence-electron chi connectivity index (χ0n) is 11.4. The number of halogens is 1. The van der Waals surface area contributed by atoms with Crippen molar-refractivity contribution in [3.63, 3.8) is 0 Å². The van der Waals surface area contributed by atoms with Gasteiger partial charge in [0.05, 0.1) is 11.4 Å². The third kappa shape index (κ3) is 4.72. The van der Waals surface area contributed by atoms with Gasteiger partial charge in [-0.1, -0.05) is 24.3 Å². The molecule has 1 amide bonds. The lowest BCUT2D eigenvalue weighted by atomic mass is 10.2. The first kappa shape index (κ1) is 15.8. The maximum atomic E-state index is 11.9. The zero-order chi connectivity index (χ0) is 15.2. The van der Waals surface area contributed by atoms with Gasteiger partial charge in [0.1, 0.15) is 0 Å². The van der Waals surface area contributed by atoms with Gasteiger partial charge in [-0.05, 0) is 47.1 Å². The van der Waals surface area contributed by atoms with E-state index in [0.29, 0.717) is 11.3 Å². The number of hydrogen-bond donors (Lipinski definition) is 1. The number of carbonyl (C=O) groups is 2. The van der Waals surface area contributed by atoms with Gasteiger partial charge < -0.3 is 5.32 Å². The second-order valence-electron chi connectivity index (χ2n) is 4.40. The summed E-state index contributed by atoms with van der Waals surface area (Å²) in [6.07, 6.45) is 0. The quantitative estimate of drug-likeness (QED) is 0.633. The molecule has 0 fully saturated rings. The number of amides is 1. The molecule has 21 heavy (non-hydrogen) atoms. The molecule has 0 radical (unpaired) electrons. The summed E-state index contributed by atoms with van der Waals surface area (Å²) >= 11 is 4.79. The van der Waals surface area contributed by atoms with Crippen molar-refractivity contribution in [1.29, 1.82) is 0 Å². The van der Waals surface area contributed by atoms with Crippen LogP contribution in [0, 0.1) is 0 Å². The van der Waals surface area contributed by atoms with Gasteiger partial charge in [0.2, 0.25) is 5.91 Å². The van der Waals surface area contributed by atoms with Crippen LogP contribution in [0.5, 0.6) is 0 Å². The fourth-order valence-corrected chi connectivity index (χ4v) is 2.84. The molecule has 0 aliphatic carbocycles. The Morgan fingerprint density at radius 3 is 2.62 bits per heavy atom. The molecule has 0 heterocycles. The van der Waals surface area contributed by atoms with Crippen molar-refractivity contribution < 1.29 is 9.59 Å². The first-order chi connectivity index (χ1) is 10.1. The third-order valence-corrected chi connectivity index (χ3v) is 4.44. The highest BCUT2D eigenvalue weighted by molar-refractivity contribution is 9.10. The number of anilines is 1. The van der Waals surface area contributed by atoms with Crippen molar-refractivity contribution in [2.75, 3.05) is 11.1 Å². The maximum Gasteiger partial charge on any atom is 0.234 e. The topological polar surface area (TPSA) is 46.2 Å². The molecule has 0 saturated carbocycles. The maximum absolute atomic E-state index is 11.9. The molecule has 0 aliphatic rings. The minimum Gasteiger partial charge on any atom is -0.324 e. The highest BCUT2D eigenvalue weighted by Crippen LogP contribution is 2.23. The molecule has 3 nitrogen and oxygen atoms in total. The predicted molar refractivity (Wildman–Crippen MR) is 89.9 cm³/mol. The Hall–Kier alpha value is -1.59. The van der Waals surface area contributed by atoms with E-state index in [1.165, 1.54) is 18.7 Å². The normalized spacial score (nSPS) is 10.2. The van der Waals surface area contributed by atoms with Crippen molar-refractivity contribution in [3.05, 3.63) is 58.6 Å². The first-order valence-corrected chi connectivity index (χ1v) is 8.12. The number of rotatable bonds is 5. The summed E-state index contributed by atoms with van der Waals surface area (Å²) in [4.78, 5) is 24.2. The summed E-state index contributed by atoms with van der Waals surface area (Å²) in [6.45, 7) is 1.53. The molecule has 2 aromatic carbocycles. The van der Waals surface area contributed by atoms with E-state index >= 15 is 0 Å². The fourth-order valence-electron chi connectivity index (χ4n) is 1.70. The first-order valence-electron chi connectivity index (χ1n) is 6.34. The van der Waals surface area contributed by atoms with Gasteiger partial charge >= 0.3 is 0 Å².